The molecule has 10 heteroatoms. The topological polar surface area (TPSA) is 107 Å². The van der Waals surface area contributed by atoms with E-state index in [1.165, 1.54) is 42.3 Å². The molecule has 0 aliphatic rings. The van der Waals surface area contributed by atoms with Crippen LogP contribution in [0.2, 0.25) is 0 Å². The molecular formula is C13H14N4O4S2. The van der Waals surface area contributed by atoms with Gasteiger partial charge in [0.1, 0.15) is 16.4 Å². The Kier molecular flexibility index (Phi) is 5.50. The lowest BCUT2D eigenvalue weighted by Gasteiger charge is -2.11. The van der Waals surface area contributed by atoms with E-state index in [-0.39, 0.29) is 17.3 Å². The van der Waals surface area contributed by atoms with Crippen LogP contribution in [0, 0.1) is 17.0 Å². The number of nitrogens with zero attached hydrogens (tertiary/aromatic N) is 3. The van der Waals surface area contributed by atoms with Gasteiger partial charge < -0.3 is 10.1 Å². The van der Waals surface area contributed by atoms with Crippen LogP contribution in [0.15, 0.2) is 22.5 Å². The third kappa shape index (κ3) is 4.39. The fourth-order valence-corrected chi connectivity index (χ4v) is 3.62. The van der Waals surface area contributed by atoms with Gasteiger partial charge in [-0.25, -0.2) is 0 Å². The zero-order valence-electron chi connectivity index (χ0n) is 12.6. The molecule has 2 aromatic rings. The fourth-order valence-electron chi connectivity index (χ4n) is 1.66. The molecule has 23 heavy (non-hydrogen) atoms. The van der Waals surface area contributed by atoms with Gasteiger partial charge in [-0.15, -0.1) is 10.2 Å². The predicted octanol–water partition coefficient (Wildman–Crippen LogP) is 2.88. The second-order valence-corrected chi connectivity index (χ2v) is 7.25. The number of carbonyl (C=O) groups is 1. The van der Waals surface area contributed by atoms with E-state index in [0.717, 1.165) is 5.01 Å². The van der Waals surface area contributed by atoms with E-state index in [9.17, 15) is 14.9 Å². The lowest BCUT2D eigenvalue weighted by atomic mass is 10.2. The SMILES string of the molecule is COc1ccc(NC(=O)[C@H](C)Sc2nnc(C)s2)c([N+](=O)[O-])c1. The lowest BCUT2D eigenvalue weighted by Crippen LogP contribution is -2.22. The Bertz CT molecular complexity index is 735. The Morgan fingerprint density at radius 3 is 2.78 bits per heavy atom. The van der Waals surface area contributed by atoms with Gasteiger partial charge in [0.15, 0.2) is 4.34 Å². The molecule has 1 atom stereocenters. The second-order valence-electron chi connectivity index (χ2n) is 4.48. The Labute approximate surface area is 140 Å². The van der Waals surface area contributed by atoms with Crippen molar-refractivity contribution < 1.29 is 14.5 Å². The minimum absolute atomic E-state index is 0.127. The van der Waals surface area contributed by atoms with Crippen molar-refractivity contribution in [1.29, 1.82) is 0 Å². The zero-order valence-corrected chi connectivity index (χ0v) is 14.2. The predicted molar refractivity (Wildman–Crippen MR) is 88.2 cm³/mol. The van der Waals surface area contributed by atoms with E-state index in [0.29, 0.717) is 10.1 Å². The van der Waals surface area contributed by atoms with Crippen LogP contribution in [0.4, 0.5) is 11.4 Å². The number of nitrogens with one attached hydrogen (secondary N) is 1. The molecule has 0 unspecified atom stereocenters. The summed E-state index contributed by atoms with van der Waals surface area (Å²) in [7, 11) is 1.42. The van der Waals surface area contributed by atoms with E-state index in [1.807, 2.05) is 6.92 Å². The lowest BCUT2D eigenvalue weighted by molar-refractivity contribution is -0.384. The first-order chi connectivity index (χ1) is 10.9. The Balaban J connectivity index is 2.11. The first-order valence-electron chi connectivity index (χ1n) is 6.50. The molecule has 0 fully saturated rings. The molecule has 0 aliphatic heterocycles. The first-order valence-corrected chi connectivity index (χ1v) is 8.20. The Hall–Kier alpha value is -2.20. The van der Waals surface area contributed by atoms with E-state index >= 15 is 0 Å². The molecule has 1 heterocycles. The van der Waals surface area contributed by atoms with Gasteiger partial charge in [0, 0.05) is 0 Å². The molecule has 8 nitrogen and oxygen atoms in total. The van der Waals surface area contributed by atoms with Gasteiger partial charge in [-0.2, -0.15) is 0 Å². The van der Waals surface area contributed by atoms with Gasteiger partial charge in [-0.1, -0.05) is 23.1 Å². The second kappa shape index (κ2) is 7.38. The number of carbonyl (C=O) groups excluding carboxylic acids is 1. The summed E-state index contributed by atoms with van der Waals surface area (Å²) in [4.78, 5) is 22.8. The minimum atomic E-state index is -0.565. The maximum absolute atomic E-state index is 12.2. The van der Waals surface area contributed by atoms with Crippen LogP contribution in [0.25, 0.3) is 0 Å². The minimum Gasteiger partial charge on any atom is -0.496 e. The van der Waals surface area contributed by atoms with Crippen molar-refractivity contribution in [3.05, 3.63) is 33.3 Å². The van der Waals surface area contributed by atoms with Gasteiger partial charge in [0.05, 0.1) is 23.3 Å². The third-order valence-corrected chi connectivity index (χ3v) is 4.84. The number of hydrogen-bond acceptors (Lipinski definition) is 8. The number of aryl methyl sites for hydroxylation is 1. The summed E-state index contributed by atoms with van der Waals surface area (Å²) in [5.74, 6) is -0.00224. The number of thioether (sulfide) groups is 1. The third-order valence-electron chi connectivity index (χ3n) is 2.81. The summed E-state index contributed by atoms with van der Waals surface area (Å²) in [6.45, 7) is 3.53. The van der Waals surface area contributed by atoms with Crippen LogP contribution in [0.3, 0.4) is 0 Å². The largest absolute Gasteiger partial charge is 0.496 e. The highest BCUT2D eigenvalue weighted by Crippen LogP contribution is 2.31. The smallest absolute Gasteiger partial charge is 0.296 e. The maximum atomic E-state index is 12.2. The molecule has 0 aliphatic carbocycles. The monoisotopic (exact) mass is 354 g/mol. The van der Waals surface area contributed by atoms with Gasteiger partial charge in [-0.05, 0) is 26.0 Å². The summed E-state index contributed by atoms with van der Waals surface area (Å²) in [5, 5.41) is 21.8. The molecule has 2 rings (SSSR count). The average molecular weight is 354 g/mol. The molecule has 1 N–H and O–H groups in total. The normalized spacial score (nSPS) is 11.8. The average Bonchev–Trinajstić information content (AvgIpc) is 2.92. The van der Waals surface area contributed by atoms with Crippen molar-refractivity contribution in [2.45, 2.75) is 23.4 Å². The molecular weight excluding hydrogens is 340 g/mol. The van der Waals surface area contributed by atoms with E-state index in [4.69, 9.17) is 4.74 Å². The molecule has 122 valence electrons. The number of nitro groups is 1. The standard InChI is InChI=1S/C13H14N4O4S2/c1-7(22-13-16-15-8(2)23-13)12(18)14-10-5-4-9(21-3)6-11(10)17(19)20/h4-7H,1-3H3,(H,14,18)/t7-/m0/s1. The number of anilines is 1. The van der Waals surface area contributed by atoms with E-state index in [1.54, 1.807) is 13.0 Å². The van der Waals surface area contributed by atoms with E-state index < -0.39 is 10.2 Å². The molecule has 0 bridgehead atoms. The number of aromatic nitrogens is 2. The number of hydrogen-bond donors (Lipinski definition) is 1. The molecule has 1 aromatic heterocycles. The quantitative estimate of drug-likeness (QED) is 0.483. The number of nitro benzene ring substituents is 1. The van der Waals surface area contributed by atoms with Crippen LogP contribution in [-0.2, 0) is 4.79 Å². The number of rotatable bonds is 6. The summed E-state index contributed by atoms with van der Waals surface area (Å²) < 4.78 is 5.63. The van der Waals surface area contributed by atoms with Crippen molar-refractivity contribution >= 4 is 40.4 Å². The molecule has 0 saturated carbocycles. The van der Waals surface area contributed by atoms with Crippen LogP contribution in [-0.4, -0.2) is 33.4 Å². The summed E-state index contributed by atoms with van der Waals surface area (Å²) in [6, 6.07) is 4.26. The van der Waals surface area contributed by atoms with Gasteiger partial charge >= 0.3 is 0 Å². The molecule has 0 spiro atoms. The highest BCUT2D eigenvalue weighted by atomic mass is 32.2. The summed E-state index contributed by atoms with van der Waals surface area (Å²) in [5.41, 5.74) is -0.0941. The molecule has 1 amide bonds. The molecule has 1 aromatic carbocycles. The maximum Gasteiger partial charge on any atom is 0.296 e. The zero-order chi connectivity index (χ0) is 17.0. The summed E-state index contributed by atoms with van der Waals surface area (Å²) >= 11 is 2.64. The first kappa shape index (κ1) is 17.2. The van der Waals surface area contributed by atoms with Crippen molar-refractivity contribution in [2.24, 2.45) is 0 Å². The highest BCUT2D eigenvalue weighted by Gasteiger charge is 2.21. The van der Waals surface area contributed by atoms with Crippen molar-refractivity contribution in [2.75, 3.05) is 12.4 Å². The Morgan fingerprint density at radius 2 is 2.22 bits per heavy atom. The summed E-state index contributed by atoms with van der Waals surface area (Å²) in [6.07, 6.45) is 0. The fraction of sp³-hybridized carbons (Fsp3) is 0.308. The Morgan fingerprint density at radius 1 is 1.48 bits per heavy atom. The number of methoxy groups -OCH3 is 1. The van der Waals surface area contributed by atoms with Crippen LogP contribution in [0.5, 0.6) is 5.75 Å². The molecule has 0 saturated heterocycles. The van der Waals surface area contributed by atoms with Crippen LogP contribution < -0.4 is 10.1 Å². The van der Waals surface area contributed by atoms with Gasteiger partial charge in [-0.3, -0.25) is 14.9 Å². The van der Waals surface area contributed by atoms with Crippen molar-refractivity contribution in [3.63, 3.8) is 0 Å². The van der Waals surface area contributed by atoms with Crippen LogP contribution in [0.1, 0.15) is 11.9 Å². The van der Waals surface area contributed by atoms with Crippen molar-refractivity contribution in [1.82, 2.24) is 10.2 Å². The van der Waals surface area contributed by atoms with Crippen LogP contribution >= 0.6 is 23.1 Å². The number of benzene rings is 1. The van der Waals surface area contributed by atoms with E-state index in [2.05, 4.69) is 15.5 Å². The molecule has 0 radical (unpaired) electrons. The number of ether oxygens (including phenoxy) is 1. The van der Waals surface area contributed by atoms with Gasteiger partial charge in [0.2, 0.25) is 5.91 Å². The highest BCUT2D eigenvalue weighted by molar-refractivity contribution is 8.02. The van der Waals surface area contributed by atoms with Gasteiger partial charge in [0.25, 0.3) is 5.69 Å². The van der Waals surface area contributed by atoms with Crippen molar-refractivity contribution in [3.8, 4) is 5.75 Å². The number of amides is 1.